The van der Waals surface area contributed by atoms with E-state index in [2.05, 4.69) is 51.1 Å². The van der Waals surface area contributed by atoms with E-state index < -0.39 is 0 Å². The lowest BCUT2D eigenvalue weighted by atomic mass is 9.98. The number of rotatable bonds is 2. The molecule has 2 aromatic rings. The van der Waals surface area contributed by atoms with Crippen LogP contribution in [0.5, 0.6) is 0 Å². The van der Waals surface area contributed by atoms with Crippen LogP contribution in [-0.4, -0.2) is 0 Å². The second-order valence-electron chi connectivity index (χ2n) is 4.31. The smallest absolute Gasteiger partial charge is 0.0149 e. The minimum absolute atomic E-state index is 1.18. The summed E-state index contributed by atoms with van der Waals surface area (Å²) in [6.07, 6.45) is 2.40. The molecule has 0 aromatic heterocycles. The fourth-order valence-electron chi connectivity index (χ4n) is 2.07. The van der Waals surface area contributed by atoms with Crippen LogP contribution in [0.1, 0.15) is 43.9 Å². The highest BCUT2D eigenvalue weighted by Crippen LogP contribution is 2.23. The molecule has 0 N–H and O–H groups in total. The third-order valence-electron chi connectivity index (χ3n) is 3.16. The monoisotopic (exact) mass is 228 g/mol. The molecule has 0 atom stereocenters. The maximum Gasteiger partial charge on any atom is -0.0149 e. The summed E-state index contributed by atoms with van der Waals surface area (Å²) < 4.78 is 0. The number of hydrogen-bond acceptors (Lipinski definition) is 0. The van der Waals surface area contributed by atoms with Gasteiger partial charge in [0.1, 0.15) is 0 Å². The first-order chi connectivity index (χ1) is 8.22. The zero-order valence-electron chi connectivity index (χ0n) is 11.8. The van der Waals surface area contributed by atoms with Crippen molar-refractivity contribution in [2.45, 2.75) is 47.5 Å². The topological polar surface area (TPSA) is 0 Å². The molecule has 0 radical (unpaired) electrons. The first kappa shape index (κ1) is 13.8. The standard InChI is InChI=1S/C15H18.C2H6/c1-4-5-13-7-9-14-8-6-11(2)12(3)15(14)10-13;1-2/h6-10H,4-5H2,1-3H3;1-2H3. The van der Waals surface area contributed by atoms with E-state index in [4.69, 9.17) is 0 Å². The molecule has 0 fully saturated rings. The first-order valence-corrected chi connectivity index (χ1v) is 6.71. The van der Waals surface area contributed by atoms with Gasteiger partial charge in [0.2, 0.25) is 0 Å². The number of hydrogen-bond donors (Lipinski definition) is 0. The van der Waals surface area contributed by atoms with Gasteiger partial charge in [-0.3, -0.25) is 0 Å². The summed E-state index contributed by atoms with van der Waals surface area (Å²) in [5.74, 6) is 0. The van der Waals surface area contributed by atoms with E-state index in [0.29, 0.717) is 0 Å². The predicted octanol–water partition coefficient (Wildman–Crippen LogP) is 5.44. The first-order valence-electron chi connectivity index (χ1n) is 6.71. The molecule has 0 amide bonds. The average Bonchev–Trinajstić information content (AvgIpc) is 2.37. The van der Waals surface area contributed by atoms with Crippen LogP contribution in [0.4, 0.5) is 0 Å². The Kier molecular flexibility index (Phi) is 5.21. The van der Waals surface area contributed by atoms with Crippen LogP contribution in [0.25, 0.3) is 10.8 Å². The minimum Gasteiger partial charge on any atom is -0.0683 e. The molecule has 0 bridgehead atoms. The van der Waals surface area contributed by atoms with E-state index in [9.17, 15) is 0 Å². The molecule has 92 valence electrons. The maximum atomic E-state index is 2.35. The van der Waals surface area contributed by atoms with Crippen molar-refractivity contribution in [1.82, 2.24) is 0 Å². The van der Waals surface area contributed by atoms with Crippen molar-refractivity contribution in [3.05, 3.63) is 47.0 Å². The molecule has 2 aromatic carbocycles. The highest BCUT2D eigenvalue weighted by molar-refractivity contribution is 5.87. The molecule has 0 nitrogen and oxygen atoms in total. The van der Waals surface area contributed by atoms with E-state index in [1.54, 1.807) is 0 Å². The molecule has 0 unspecified atom stereocenters. The molecule has 0 heterocycles. The van der Waals surface area contributed by atoms with Gasteiger partial charge in [0.15, 0.2) is 0 Å². The minimum atomic E-state index is 1.18. The molecule has 0 saturated carbocycles. The Bertz CT molecular complexity index is 481. The fourth-order valence-corrected chi connectivity index (χ4v) is 2.07. The molecule has 0 aliphatic rings. The second kappa shape index (κ2) is 6.44. The average molecular weight is 228 g/mol. The number of benzene rings is 2. The van der Waals surface area contributed by atoms with Gasteiger partial charge in [-0.15, -0.1) is 0 Å². The van der Waals surface area contributed by atoms with Crippen LogP contribution in [-0.2, 0) is 6.42 Å². The van der Waals surface area contributed by atoms with Crippen LogP contribution in [0.15, 0.2) is 30.3 Å². The summed E-state index contributed by atoms with van der Waals surface area (Å²) in [7, 11) is 0. The lowest BCUT2D eigenvalue weighted by molar-refractivity contribution is 0.923. The van der Waals surface area contributed by atoms with E-state index in [-0.39, 0.29) is 0 Å². The Labute approximate surface area is 106 Å². The van der Waals surface area contributed by atoms with Gasteiger partial charge in [0.05, 0.1) is 0 Å². The normalized spacial score (nSPS) is 9.94. The van der Waals surface area contributed by atoms with E-state index >= 15 is 0 Å². The van der Waals surface area contributed by atoms with Gasteiger partial charge in [-0.25, -0.2) is 0 Å². The Balaban J connectivity index is 0.000000686. The third-order valence-corrected chi connectivity index (χ3v) is 3.16. The summed E-state index contributed by atoms with van der Waals surface area (Å²) in [5.41, 5.74) is 4.26. The lowest BCUT2D eigenvalue weighted by Gasteiger charge is -2.07. The van der Waals surface area contributed by atoms with Crippen molar-refractivity contribution < 1.29 is 0 Å². The van der Waals surface area contributed by atoms with Gasteiger partial charge in [-0.2, -0.15) is 0 Å². The van der Waals surface area contributed by atoms with Gasteiger partial charge in [-0.1, -0.05) is 57.5 Å². The van der Waals surface area contributed by atoms with Crippen LogP contribution < -0.4 is 0 Å². The van der Waals surface area contributed by atoms with E-state index in [1.165, 1.54) is 40.3 Å². The zero-order valence-corrected chi connectivity index (χ0v) is 11.8. The molecule has 17 heavy (non-hydrogen) atoms. The van der Waals surface area contributed by atoms with Crippen molar-refractivity contribution in [2.75, 3.05) is 0 Å². The van der Waals surface area contributed by atoms with Crippen molar-refractivity contribution in [3.8, 4) is 0 Å². The summed E-state index contributed by atoms with van der Waals surface area (Å²) in [4.78, 5) is 0. The third kappa shape index (κ3) is 3.09. The Morgan fingerprint density at radius 1 is 0.941 bits per heavy atom. The number of aryl methyl sites for hydroxylation is 3. The quantitative estimate of drug-likeness (QED) is 0.642. The molecular weight excluding hydrogens is 204 g/mol. The van der Waals surface area contributed by atoms with Gasteiger partial charge in [0.25, 0.3) is 0 Å². The SMILES string of the molecule is CC.CCCc1ccc2ccc(C)c(C)c2c1. The van der Waals surface area contributed by atoms with Crippen molar-refractivity contribution >= 4 is 10.8 Å². The van der Waals surface area contributed by atoms with E-state index in [1.807, 2.05) is 13.8 Å². The van der Waals surface area contributed by atoms with Gasteiger partial charge in [0, 0.05) is 0 Å². The predicted molar refractivity (Wildman–Crippen MR) is 78.8 cm³/mol. The van der Waals surface area contributed by atoms with Crippen molar-refractivity contribution in [1.29, 1.82) is 0 Å². The van der Waals surface area contributed by atoms with Crippen molar-refractivity contribution in [2.24, 2.45) is 0 Å². The van der Waals surface area contributed by atoms with Gasteiger partial charge < -0.3 is 0 Å². The molecule has 0 aliphatic carbocycles. The summed E-state index contributed by atoms with van der Waals surface area (Å²) >= 11 is 0. The highest BCUT2D eigenvalue weighted by atomic mass is 14.1. The Morgan fingerprint density at radius 3 is 2.24 bits per heavy atom. The van der Waals surface area contributed by atoms with Gasteiger partial charge in [-0.05, 0) is 47.7 Å². The summed E-state index contributed by atoms with van der Waals surface area (Å²) in [6.45, 7) is 10.6. The molecule has 2 rings (SSSR count). The zero-order chi connectivity index (χ0) is 12.8. The van der Waals surface area contributed by atoms with Crippen LogP contribution in [0, 0.1) is 13.8 Å². The van der Waals surface area contributed by atoms with Crippen LogP contribution in [0.3, 0.4) is 0 Å². The fraction of sp³-hybridized carbons (Fsp3) is 0.412. The Hall–Kier alpha value is -1.30. The lowest BCUT2D eigenvalue weighted by Crippen LogP contribution is -1.87. The molecule has 0 saturated heterocycles. The van der Waals surface area contributed by atoms with Crippen LogP contribution in [0.2, 0.25) is 0 Å². The molecule has 0 aliphatic heterocycles. The highest BCUT2D eigenvalue weighted by Gasteiger charge is 2.01. The second-order valence-corrected chi connectivity index (χ2v) is 4.31. The maximum absolute atomic E-state index is 2.35. The largest absolute Gasteiger partial charge is 0.0683 e. The summed E-state index contributed by atoms with van der Waals surface area (Å²) in [5, 5.41) is 2.78. The summed E-state index contributed by atoms with van der Waals surface area (Å²) in [6, 6.07) is 11.3. The van der Waals surface area contributed by atoms with E-state index in [0.717, 1.165) is 0 Å². The Morgan fingerprint density at radius 2 is 1.59 bits per heavy atom. The number of fused-ring (bicyclic) bond motifs is 1. The van der Waals surface area contributed by atoms with Crippen molar-refractivity contribution in [3.63, 3.8) is 0 Å². The molecule has 0 heteroatoms. The van der Waals surface area contributed by atoms with Crippen LogP contribution >= 0.6 is 0 Å². The molecule has 0 spiro atoms. The van der Waals surface area contributed by atoms with Gasteiger partial charge >= 0.3 is 0 Å². The molecular formula is C17H24.